The summed E-state index contributed by atoms with van der Waals surface area (Å²) in [5.41, 5.74) is 1.31. The topological polar surface area (TPSA) is 53.9 Å². The molecule has 3 aromatic rings. The maximum atomic E-state index is 13.2. The summed E-state index contributed by atoms with van der Waals surface area (Å²) in [6.45, 7) is 10.3. The lowest BCUT2D eigenvalue weighted by Crippen LogP contribution is -2.27. The second-order valence-corrected chi connectivity index (χ2v) is 7.65. The van der Waals surface area contributed by atoms with E-state index >= 15 is 0 Å². The second-order valence-electron chi connectivity index (χ2n) is 7.65. The summed E-state index contributed by atoms with van der Waals surface area (Å²) in [5.74, 6) is 1.31. The number of rotatable bonds is 8. The van der Waals surface area contributed by atoms with Gasteiger partial charge in [-0.25, -0.2) is 9.97 Å². The van der Waals surface area contributed by atoms with Crippen molar-refractivity contribution < 1.29 is 13.2 Å². The molecule has 168 valence electrons. The molecule has 0 spiro atoms. The molecular weight excluding hydrogens is 415 g/mol. The van der Waals surface area contributed by atoms with Crippen LogP contribution in [-0.4, -0.2) is 27.5 Å². The van der Waals surface area contributed by atoms with Crippen LogP contribution < -0.4 is 10.2 Å². The third kappa shape index (κ3) is 5.43. The Hall–Kier alpha value is -3.42. The fourth-order valence-electron chi connectivity index (χ4n) is 3.29. The van der Waals surface area contributed by atoms with Crippen LogP contribution in [0.1, 0.15) is 30.5 Å². The normalized spacial score (nSPS) is 11.5. The molecule has 0 saturated heterocycles. The Bertz CT molecular complexity index is 1060. The molecule has 1 N–H and O–H groups in total. The van der Waals surface area contributed by atoms with Gasteiger partial charge in [-0.05, 0) is 45.0 Å². The highest BCUT2D eigenvalue weighted by molar-refractivity contribution is 5.67. The number of nitrogens with zero attached hydrogens (tertiary/aromatic N) is 4. The summed E-state index contributed by atoms with van der Waals surface area (Å²) in [7, 11) is 0. The van der Waals surface area contributed by atoms with E-state index in [2.05, 4.69) is 26.8 Å². The first-order valence-corrected chi connectivity index (χ1v) is 10.3. The first-order chi connectivity index (χ1) is 15.2. The highest BCUT2D eigenvalue weighted by atomic mass is 19.4. The van der Waals surface area contributed by atoms with Crippen molar-refractivity contribution in [2.75, 3.05) is 16.8 Å². The number of anilines is 2. The van der Waals surface area contributed by atoms with Gasteiger partial charge in [0, 0.05) is 36.1 Å². The quantitative estimate of drug-likeness (QED) is 0.473. The Morgan fingerprint density at radius 2 is 1.84 bits per heavy atom. The predicted molar refractivity (Wildman–Crippen MR) is 121 cm³/mol. The molecule has 0 radical (unpaired) electrons. The van der Waals surface area contributed by atoms with Gasteiger partial charge in [0.15, 0.2) is 5.82 Å². The van der Waals surface area contributed by atoms with Gasteiger partial charge < -0.3 is 10.2 Å². The van der Waals surface area contributed by atoms with Gasteiger partial charge in [-0.3, -0.25) is 4.98 Å². The summed E-state index contributed by atoms with van der Waals surface area (Å²) >= 11 is 0. The van der Waals surface area contributed by atoms with Crippen molar-refractivity contribution >= 4 is 11.6 Å². The molecule has 5 nitrogen and oxygen atoms in total. The number of pyridine rings is 1. The summed E-state index contributed by atoms with van der Waals surface area (Å²) in [6, 6.07) is 11.1. The molecule has 2 aromatic heterocycles. The van der Waals surface area contributed by atoms with Crippen molar-refractivity contribution in [1.82, 2.24) is 15.0 Å². The fourth-order valence-corrected chi connectivity index (χ4v) is 3.29. The molecule has 32 heavy (non-hydrogen) atoms. The molecule has 0 aliphatic heterocycles. The van der Waals surface area contributed by atoms with Gasteiger partial charge in [-0.15, -0.1) is 0 Å². The first kappa shape index (κ1) is 23.2. The van der Waals surface area contributed by atoms with E-state index in [1.54, 1.807) is 6.20 Å². The maximum absolute atomic E-state index is 13.2. The standard InChI is InChI=1S/C24H26F3N5/c1-5-32(16(2)3)23-17(4)21(29-12-11-18-9-7-6-8-10-18)30-22(31-23)19-13-20(15-28-14-19)24(25,26)27/h5-10,13-16H,1,11-12H2,2-4H3,(H,29,30,31). The van der Waals surface area contributed by atoms with Crippen LogP contribution in [0.25, 0.3) is 11.4 Å². The Morgan fingerprint density at radius 3 is 2.47 bits per heavy atom. The minimum atomic E-state index is -4.50. The molecule has 0 unspecified atom stereocenters. The number of benzene rings is 1. The number of nitrogens with one attached hydrogen (secondary N) is 1. The van der Waals surface area contributed by atoms with Gasteiger partial charge in [-0.2, -0.15) is 13.2 Å². The van der Waals surface area contributed by atoms with Crippen LogP contribution >= 0.6 is 0 Å². The zero-order valence-electron chi connectivity index (χ0n) is 18.3. The fraction of sp³-hybridized carbons (Fsp3) is 0.292. The van der Waals surface area contributed by atoms with E-state index in [1.807, 2.05) is 56.0 Å². The Labute approximate surface area is 186 Å². The molecule has 0 aliphatic rings. The van der Waals surface area contributed by atoms with Crippen molar-refractivity contribution in [2.24, 2.45) is 0 Å². The van der Waals surface area contributed by atoms with Gasteiger partial charge in [-0.1, -0.05) is 36.9 Å². The van der Waals surface area contributed by atoms with Crippen molar-refractivity contribution in [3.8, 4) is 11.4 Å². The van der Waals surface area contributed by atoms with Crippen molar-refractivity contribution in [1.29, 1.82) is 0 Å². The van der Waals surface area contributed by atoms with E-state index in [0.717, 1.165) is 24.2 Å². The van der Waals surface area contributed by atoms with Crippen molar-refractivity contribution in [3.63, 3.8) is 0 Å². The lowest BCUT2D eigenvalue weighted by Gasteiger charge is -2.26. The molecule has 2 heterocycles. The summed E-state index contributed by atoms with van der Waals surface area (Å²) in [5, 5.41) is 3.32. The van der Waals surface area contributed by atoms with Crippen LogP contribution in [0.15, 0.2) is 61.6 Å². The summed E-state index contributed by atoms with van der Waals surface area (Å²) in [6.07, 6.45) is 0.0581. The molecule has 0 amide bonds. The Kier molecular flexibility index (Phi) is 7.12. The highest BCUT2D eigenvalue weighted by Gasteiger charge is 2.31. The van der Waals surface area contributed by atoms with Gasteiger partial charge in [0.25, 0.3) is 0 Å². The molecular formula is C24H26F3N5. The van der Waals surface area contributed by atoms with Crippen LogP contribution in [0, 0.1) is 6.92 Å². The monoisotopic (exact) mass is 441 g/mol. The van der Waals surface area contributed by atoms with Gasteiger partial charge >= 0.3 is 6.18 Å². The van der Waals surface area contributed by atoms with Crippen LogP contribution in [0.4, 0.5) is 24.8 Å². The minimum Gasteiger partial charge on any atom is -0.369 e. The molecule has 0 bridgehead atoms. The third-order valence-corrected chi connectivity index (χ3v) is 4.99. The van der Waals surface area contributed by atoms with E-state index in [-0.39, 0.29) is 17.4 Å². The first-order valence-electron chi connectivity index (χ1n) is 10.3. The molecule has 0 saturated carbocycles. The maximum Gasteiger partial charge on any atom is 0.417 e. The zero-order chi connectivity index (χ0) is 23.3. The summed E-state index contributed by atoms with van der Waals surface area (Å²) < 4.78 is 39.6. The van der Waals surface area contributed by atoms with Crippen molar-refractivity contribution in [3.05, 3.63) is 78.3 Å². The number of halogens is 3. The predicted octanol–water partition coefficient (Wildman–Crippen LogP) is 5.88. The average molecular weight is 442 g/mol. The lowest BCUT2D eigenvalue weighted by atomic mass is 10.1. The van der Waals surface area contributed by atoms with Gasteiger partial charge in [0.05, 0.1) is 5.56 Å². The van der Waals surface area contributed by atoms with E-state index in [1.165, 1.54) is 11.8 Å². The van der Waals surface area contributed by atoms with Crippen molar-refractivity contribution in [2.45, 2.75) is 39.4 Å². The molecule has 3 rings (SSSR count). The van der Waals surface area contributed by atoms with Crippen LogP contribution in [0.5, 0.6) is 0 Å². The Balaban J connectivity index is 2.01. The molecule has 0 atom stereocenters. The van der Waals surface area contributed by atoms with E-state index in [9.17, 15) is 13.2 Å². The molecule has 0 aliphatic carbocycles. The number of alkyl halides is 3. The van der Waals surface area contributed by atoms with Gasteiger partial charge in [0.1, 0.15) is 11.6 Å². The third-order valence-electron chi connectivity index (χ3n) is 4.99. The molecule has 0 fully saturated rings. The lowest BCUT2D eigenvalue weighted by molar-refractivity contribution is -0.137. The van der Waals surface area contributed by atoms with Crippen LogP contribution in [0.3, 0.4) is 0 Å². The molecule has 1 aromatic carbocycles. The number of hydrogen-bond acceptors (Lipinski definition) is 5. The van der Waals surface area contributed by atoms with E-state index in [4.69, 9.17) is 0 Å². The van der Waals surface area contributed by atoms with Crippen LogP contribution in [-0.2, 0) is 12.6 Å². The van der Waals surface area contributed by atoms with E-state index < -0.39 is 11.7 Å². The average Bonchev–Trinajstić information content (AvgIpc) is 2.76. The number of aromatic nitrogens is 3. The summed E-state index contributed by atoms with van der Waals surface area (Å²) in [4.78, 5) is 14.7. The Morgan fingerprint density at radius 1 is 1.12 bits per heavy atom. The smallest absolute Gasteiger partial charge is 0.369 e. The highest BCUT2D eigenvalue weighted by Crippen LogP contribution is 2.33. The largest absolute Gasteiger partial charge is 0.417 e. The number of hydrogen-bond donors (Lipinski definition) is 1. The van der Waals surface area contributed by atoms with Crippen LogP contribution in [0.2, 0.25) is 0 Å². The zero-order valence-corrected chi connectivity index (χ0v) is 18.3. The minimum absolute atomic E-state index is 0.0470. The van der Waals surface area contributed by atoms with E-state index in [0.29, 0.717) is 18.2 Å². The second kappa shape index (κ2) is 9.80. The van der Waals surface area contributed by atoms with Gasteiger partial charge in [0.2, 0.25) is 0 Å². The SMILES string of the molecule is C=CN(c1nc(-c2cncc(C(F)(F)F)c2)nc(NCCc2ccccc2)c1C)C(C)C. The molecule has 8 heteroatoms.